The highest BCUT2D eigenvalue weighted by Crippen LogP contribution is 2.22. The van der Waals surface area contributed by atoms with Gasteiger partial charge in [0.25, 0.3) is 0 Å². The molecule has 1 unspecified atom stereocenters. The van der Waals surface area contributed by atoms with Crippen molar-refractivity contribution in [2.24, 2.45) is 0 Å². The predicted molar refractivity (Wildman–Crippen MR) is 75.6 cm³/mol. The average molecular weight is 258 g/mol. The van der Waals surface area contributed by atoms with Crippen molar-refractivity contribution in [2.75, 3.05) is 7.05 Å². The molecule has 0 aliphatic rings. The standard InChI is InChI=1S/C16H19FN2/c1-11-5-4-8-19-15(11)10-16(18-3)14-7-6-13(17)9-12(14)2/h4-9,16,18H,10H2,1-3H3. The van der Waals surface area contributed by atoms with Crippen molar-refractivity contribution in [1.82, 2.24) is 10.3 Å². The Labute approximate surface area is 113 Å². The lowest BCUT2D eigenvalue weighted by Gasteiger charge is -2.19. The molecule has 19 heavy (non-hydrogen) atoms. The number of halogens is 1. The lowest BCUT2D eigenvalue weighted by molar-refractivity contribution is 0.574. The molecule has 2 nitrogen and oxygen atoms in total. The Morgan fingerprint density at radius 1 is 1.21 bits per heavy atom. The Bertz CT molecular complexity index is 566. The van der Waals surface area contributed by atoms with Crippen LogP contribution in [0.5, 0.6) is 0 Å². The van der Waals surface area contributed by atoms with Crippen molar-refractivity contribution in [1.29, 1.82) is 0 Å². The highest BCUT2D eigenvalue weighted by Gasteiger charge is 2.14. The quantitative estimate of drug-likeness (QED) is 0.909. The number of aromatic nitrogens is 1. The summed E-state index contributed by atoms with van der Waals surface area (Å²) >= 11 is 0. The number of aryl methyl sites for hydroxylation is 2. The van der Waals surface area contributed by atoms with Crippen LogP contribution in [0, 0.1) is 19.7 Å². The summed E-state index contributed by atoms with van der Waals surface area (Å²) in [5, 5.41) is 3.29. The van der Waals surface area contributed by atoms with Crippen LogP contribution in [0.1, 0.15) is 28.4 Å². The van der Waals surface area contributed by atoms with Crippen LogP contribution < -0.4 is 5.32 Å². The molecule has 2 aromatic rings. The lowest BCUT2D eigenvalue weighted by Crippen LogP contribution is -2.20. The molecular formula is C16H19FN2. The molecule has 0 aliphatic heterocycles. The van der Waals surface area contributed by atoms with Gasteiger partial charge in [-0.3, -0.25) is 4.98 Å². The molecule has 2 rings (SSSR count). The van der Waals surface area contributed by atoms with E-state index in [0.717, 1.165) is 23.2 Å². The fraction of sp³-hybridized carbons (Fsp3) is 0.312. The number of pyridine rings is 1. The van der Waals surface area contributed by atoms with Gasteiger partial charge in [0.05, 0.1) is 0 Å². The van der Waals surface area contributed by atoms with E-state index in [9.17, 15) is 4.39 Å². The van der Waals surface area contributed by atoms with Crippen LogP contribution in [0.15, 0.2) is 36.5 Å². The number of hydrogen-bond donors (Lipinski definition) is 1. The van der Waals surface area contributed by atoms with Crippen molar-refractivity contribution < 1.29 is 4.39 Å². The van der Waals surface area contributed by atoms with Crippen LogP contribution in [0.2, 0.25) is 0 Å². The number of nitrogens with zero attached hydrogens (tertiary/aromatic N) is 1. The zero-order chi connectivity index (χ0) is 13.8. The van der Waals surface area contributed by atoms with Crippen molar-refractivity contribution in [3.63, 3.8) is 0 Å². The van der Waals surface area contributed by atoms with E-state index in [1.165, 1.54) is 11.6 Å². The third-order valence-corrected chi connectivity index (χ3v) is 3.47. The maximum absolute atomic E-state index is 13.2. The third-order valence-electron chi connectivity index (χ3n) is 3.47. The maximum atomic E-state index is 13.2. The minimum Gasteiger partial charge on any atom is -0.313 e. The zero-order valence-electron chi connectivity index (χ0n) is 11.6. The van der Waals surface area contributed by atoms with E-state index in [2.05, 4.69) is 23.3 Å². The summed E-state index contributed by atoms with van der Waals surface area (Å²) in [5.74, 6) is -0.190. The van der Waals surface area contributed by atoms with Crippen molar-refractivity contribution >= 4 is 0 Å². The van der Waals surface area contributed by atoms with Gasteiger partial charge in [0.15, 0.2) is 0 Å². The zero-order valence-corrected chi connectivity index (χ0v) is 11.6. The first-order valence-electron chi connectivity index (χ1n) is 6.45. The van der Waals surface area contributed by atoms with Gasteiger partial charge in [-0.25, -0.2) is 4.39 Å². The summed E-state index contributed by atoms with van der Waals surface area (Å²) in [6, 6.07) is 9.09. The van der Waals surface area contributed by atoms with E-state index in [-0.39, 0.29) is 11.9 Å². The third kappa shape index (κ3) is 3.18. The van der Waals surface area contributed by atoms with Gasteiger partial charge in [-0.05, 0) is 55.8 Å². The predicted octanol–water partition coefficient (Wildman–Crippen LogP) is 3.34. The van der Waals surface area contributed by atoms with Crippen molar-refractivity contribution in [3.8, 4) is 0 Å². The summed E-state index contributed by atoms with van der Waals surface area (Å²) in [6.45, 7) is 4.00. The Balaban J connectivity index is 2.28. The van der Waals surface area contributed by atoms with E-state index in [4.69, 9.17) is 0 Å². The van der Waals surface area contributed by atoms with E-state index in [1.807, 2.05) is 32.3 Å². The van der Waals surface area contributed by atoms with Gasteiger partial charge in [0, 0.05) is 24.4 Å². The minimum absolute atomic E-state index is 0.147. The second-order valence-electron chi connectivity index (χ2n) is 4.81. The van der Waals surface area contributed by atoms with Gasteiger partial charge >= 0.3 is 0 Å². The summed E-state index contributed by atoms with van der Waals surface area (Å²) in [4.78, 5) is 4.42. The van der Waals surface area contributed by atoms with Crippen LogP contribution in [0.3, 0.4) is 0 Å². The number of hydrogen-bond acceptors (Lipinski definition) is 2. The monoisotopic (exact) mass is 258 g/mol. The molecule has 1 N–H and O–H groups in total. The largest absolute Gasteiger partial charge is 0.313 e. The van der Waals surface area contributed by atoms with E-state index >= 15 is 0 Å². The highest BCUT2D eigenvalue weighted by molar-refractivity contribution is 5.31. The van der Waals surface area contributed by atoms with Gasteiger partial charge in [0.1, 0.15) is 5.82 Å². The first-order chi connectivity index (χ1) is 9.11. The van der Waals surface area contributed by atoms with Crippen LogP contribution in [-0.2, 0) is 6.42 Å². The molecule has 0 amide bonds. The number of likely N-dealkylation sites (N-methyl/N-ethyl adjacent to an activating group) is 1. The minimum atomic E-state index is -0.190. The summed E-state index contributed by atoms with van der Waals surface area (Å²) < 4.78 is 13.2. The second kappa shape index (κ2) is 5.93. The van der Waals surface area contributed by atoms with Crippen LogP contribution in [-0.4, -0.2) is 12.0 Å². The van der Waals surface area contributed by atoms with Gasteiger partial charge in [0.2, 0.25) is 0 Å². The molecule has 0 aliphatic carbocycles. The Kier molecular flexibility index (Phi) is 4.27. The number of benzene rings is 1. The maximum Gasteiger partial charge on any atom is 0.123 e. The molecule has 0 saturated carbocycles. The fourth-order valence-corrected chi connectivity index (χ4v) is 2.32. The van der Waals surface area contributed by atoms with Gasteiger partial charge < -0.3 is 5.32 Å². The van der Waals surface area contributed by atoms with Gasteiger partial charge in [-0.2, -0.15) is 0 Å². The first kappa shape index (κ1) is 13.7. The Hall–Kier alpha value is -1.74. The molecule has 1 heterocycles. The SMILES string of the molecule is CNC(Cc1ncccc1C)c1ccc(F)cc1C. The Morgan fingerprint density at radius 3 is 2.63 bits per heavy atom. The molecular weight excluding hydrogens is 239 g/mol. The van der Waals surface area contributed by atoms with Crippen molar-refractivity contribution in [3.05, 3.63) is 64.7 Å². The van der Waals surface area contributed by atoms with E-state index in [0.29, 0.717) is 0 Å². The van der Waals surface area contributed by atoms with Crippen molar-refractivity contribution in [2.45, 2.75) is 26.3 Å². The molecule has 0 saturated heterocycles. The van der Waals surface area contributed by atoms with E-state index in [1.54, 1.807) is 6.07 Å². The normalized spacial score (nSPS) is 12.4. The molecule has 0 bridgehead atoms. The number of nitrogens with one attached hydrogen (secondary N) is 1. The molecule has 1 atom stereocenters. The second-order valence-corrected chi connectivity index (χ2v) is 4.81. The highest BCUT2D eigenvalue weighted by atomic mass is 19.1. The Morgan fingerprint density at radius 2 is 2.00 bits per heavy atom. The topological polar surface area (TPSA) is 24.9 Å². The molecule has 1 aromatic carbocycles. The molecule has 0 radical (unpaired) electrons. The molecule has 0 spiro atoms. The summed E-state index contributed by atoms with van der Waals surface area (Å²) in [5.41, 5.74) is 4.34. The van der Waals surface area contributed by atoms with E-state index < -0.39 is 0 Å². The fourth-order valence-electron chi connectivity index (χ4n) is 2.32. The smallest absolute Gasteiger partial charge is 0.123 e. The van der Waals surface area contributed by atoms with Crippen LogP contribution >= 0.6 is 0 Å². The summed E-state index contributed by atoms with van der Waals surface area (Å²) in [7, 11) is 1.92. The van der Waals surface area contributed by atoms with Gasteiger partial charge in [-0.1, -0.05) is 12.1 Å². The molecule has 100 valence electrons. The lowest BCUT2D eigenvalue weighted by atomic mass is 9.96. The number of rotatable bonds is 4. The van der Waals surface area contributed by atoms with Crippen LogP contribution in [0.4, 0.5) is 4.39 Å². The molecule has 0 fully saturated rings. The molecule has 1 aromatic heterocycles. The average Bonchev–Trinajstić information content (AvgIpc) is 2.39. The first-order valence-corrected chi connectivity index (χ1v) is 6.45. The van der Waals surface area contributed by atoms with Gasteiger partial charge in [-0.15, -0.1) is 0 Å². The summed E-state index contributed by atoms with van der Waals surface area (Å²) in [6.07, 6.45) is 2.61. The molecule has 3 heteroatoms. The van der Waals surface area contributed by atoms with Crippen LogP contribution in [0.25, 0.3) is 0 Å².